The molecule has 1 spiro atoms. The predicted molar refractivity (Wildman–Crippen MR) is 90.0 cm³/mol. The summed E-state index contributed by atoms with van der Waals surface area (Å²) in [6.45, 7) is 10.3. The van der Waals surface area contributed by atoms with Gasteiger partial charge in [-0.1, -0.05) is 26.7 Å². The van der Waals surface area contributed by atoms with E-state index >= 15 is 0 Å². The highest BCUT2D eigenvalue weighted by molar-refractivity contribution is 5.89. The number of hydrogen-bond acceptors (Lipinski definition) is 4. The second-order valence-electron chi connectivity index (χ2n) is 7.00. The van der Waals surface area contributed by atoms with Gasteiger partial charge in [0.1, 0.15) is 0 Å². The van der Waals surface area contributed by atoms with Crippen LogP contribution >= 0.6 is 0 Å². The zero-order valence-electron chi connectivity index (χ0n) is 15.1. The Hall–Kier alpha value is -1.10. The number of esters is 1. The quantitative estimate of drug-likeness (QED) is 0.704. The number of methoxy groups -OCH3 is 1. The van der Waals surface area contributed by atoms with E-state index < -0.39 is 0 Å². The largest absolute Gasteiger partial charge is 0.469 e. The Morgan fingerprint density at radius 3 is 2.35 bits per heavy atom. The first kappa shape index (κ1) is 18.2. The third kappa shape index (κ3) is 3.39. The molecular weight excluding hydrogens is 292 g/mol. The SMILES string of the molecule is CCC(CC)CN1CCC2(CC1)C(C(=O)OC)CC(=O)N2CC. The Morgan fingerprint density at radius 2 is 1.87 bits per heavy atom. The molecule has 0 radical (unpaired) electrons. The van der Waals surface area contributed by atoms with Gasteiger partial charge in [0.2, 0.25) is 5.91 Å². The fourth-order valence-electron chi connectivity index (χ4n) is 4.50. The van der Waals surface area contributed by atoms with Crippen LogP contribution in [0.25, 0.3) is 0 Å². The van der Waals surface area contributed by atoms with Crippen molar-refractivity contribution in [2.24, 2.45) is 11.8 Å². The van der Waals surface area contributed by atoms with Gasteiger partial charge in [0.25, 0.3) is 0 Å². The Bertz CT molecular complexity index is 424. The van der Waals surface area contributed by atoms with Gasteiger partial charge in [0.05, 0.1) is 18.6 Å². The molecule has 2 heterocycles. The first-order valence-electron chi connectivity index (χ1n) is 9.13. The van der Waals surface area contributed by atoms with Crippen LogP contribution in [-0.2, 0) is 14.3 Å². The maximum atomic E-state index is 12.4. The minimum atomic E-state index is -0.316. The van der Waals surface area contributed by atoms with Crippen LogP contribution in [0.2, 0.25) is 0 Å². The van der Waals surface area contributed by atoms with Gasteiger partial charge < -0.3 is 14.5 Å². The zero-order valence-corrected chi connectivity index (χ0v) is 15.1. The molecule has 0 N–H and O–H groups in total. The van der Waals surface area contributed by atoms with Crippen molar-refractivity contribution in [3.8, 4) is 0 Å². The van der Waals surface area contributed by atoms with Gasteiger partial charge in [-0.3, -0.25) is 9.59 Å². The van der Waals surface area contributed by atoms with Gasteiger partial charge in [-0.15, -0.1) is 0 Å². The molecule has 0 aromatic rings. The van der Waals surface area contributed by atoms with Gasteiger partial charge in [-0.2, -0.15) is 0 Å². The Balaban J connectivity index is 2.10. The number of rotatable bonds is 6. The van der Waals surface area contributed by atoms with Crippen LogP contribution < -0.4 is 0 Å². The molecule has 0 aromatic carbocycles. The van der Waals surface area contributed by atoms with E-state index in [1.807, 2.05) is 11.8 Å². The summed E-state index contributed by atoms with van der Waals surface area (Å²) in [6.07, 6.45) is 4.50. The summed E-state index contributed by atoms with van der Waals surface area (Å²) in [5.41, 5.74) is -0.316. The van der Waals surface area contributed by atoms with E-state index in [0.29, 0.717) is 13.0 Å². The van der Waals surface area contributed by atoms with Crippen molar-refractivity contribution < 1.29 is 14.3 Å². The lowest BCUT2D eigenvalue weighted by Gasteiger charge is -2.47. The molecule has 0 aromatic heterocycles. The van der Waals surface area contributed by atoms with Crippen LogP contribution in [0.4, 0.5) is 0 Å². The van der Waals surface area contributed by atoms with Gasteiger partial charge in [-0.05, 0) is 25.7 Å². The van der Waals surface area contributed by atoms with Crippen LogP contribution in [-0.4, -0.2) is 60.5 Å². The first-order valence-corrected chi connectivity index (χ1v) is 9.13. The fraction of sp³-hybridized carbons (Fsp3) is 0.889. The van der Waals surface area contributed by atoms with E-state index in [2.05, 4.69) is 18.7 Å². The fourth-order valence-corrected chi connectivity index (χ4v) is 4.50. The molecule has 1 atom stereocenters. The summed E-state index contributed by atoms with van der Waals surface area (Å²) in [4.78, 5) is 29.1. The normalized spacial score (nSPS) is 24.7. The summed E-state index contributed by atoms with van der Waals surface area (Å²) in [7, 11) is 1.43. The summed E-state index contributed by atoms with van der Waals surface area (Å²) in [5.74, 6) is 0.335. The van der Waals surface area contributed by atoms with E-state index in [4.69, 9.17) is 4.74 Å². The maximum Gasteiger partial charge on any atom is 0.311 e. The van der Waals surface area contributed by atoms with Crippen molar-refractivity contribution >= 4 is 11.9 Å². The van der Waals surface area contributed by atoms with E-state index in [1.165, 1.54) is 20.0 Å². The van der Waals surface area contributed by atoms with Gasteiger partial charge in [0.15, 0.2) is 0 Å². The van der Waals surface area contributed by atoms with Crippen molar-refractivity contribution in [1.82, 2.24) is 9.80 Å². The van der Waals surface area contributed by atoms with Crippen molar-refractivity contribution in [3.63, 3.8) is 0 Å². The van der Waals surface area contributed by atoms with E-state index in [9.17, 15) is 9.59 Å². The first-order chi connectivity index (χ1) is 11.0. The average Bonchev–Trinajstić information content (AvgIpc) is 2.85. The maximum absolute atomic E-state index is 12.4. The predicted octanol–water partition coefficient (Wildman–Crippen LogP) is 2.30. The summed E-state index contributed by atoms with van der Waals surface area (Å²) in [5, 5.41) is 0. The van der Waals surface area contributed by atoms with E-state index in [1.54, 1.807) is 0 Å². The zero-order chi connectivity index (χ0) is 17.0. The standard InChI is InChI=1S/C18H32N2O3/c1-5-14(6-2)13-19-10-8-18(9-11-19)15(17(22)23-4)12-16(21)20(18)7-3/h14-15H,5-13H2,1-4H3. The molecule has 0 saturated carbocycles. The summed E-state index contributed by atoms with van der Waals surface area (Å²) >= 11 is 0. The Morgan fingerprint density at radius 1 is 1.26 bits per heavy atom. The van der Waals surface area contributed by atoms with Crippen molar-refractivity contribution in [3.05, 3.63) is 0 Å². The van der Waals surface area contributed by atoms with Crippen molar-refractivity contribution in [2.75, 3.05) is 33.3 Å². The van der Waals surface area contributed by atoms with Crippen LogP contribution in [0, 0.1) is 11.8 Å². The number of carbonyl (C=O) groups excluding carboxylic acids is 2. The molecule has 2 saturated heterocycles. The highest BCUT2D eigenvalue weighted by Crippen LogP contribution is 2.44. The van der Waals surface area contributed by atoms with Crippen LogP contribution in [0.1, 0.15) is 52.9 Å². The van der Waals surface area contributed by atoms with E-state index in [-0.39, 0.29) is 23.3 Å². The van der Waals surface area contributed by atoms with Crippen LogP contribution in [0.15, 0.2) is 0 Å². The highest BCUT2D eigenvalue weighted by Gasteiger charge is 2.56. The monoisotopic (exact) mass is 324 g/mol. The molecule has 5 nitrogen and oxygen atoms in total. The lowest BCUT2D eigenvalue weighted by Crippen LogP contribution is -2.57. The number of piperidine rings is 1. The van der Waals surface area contributed by atoms with Gasteiger partial charge >= 0.3 is 5.97 Å². The lowest BCUT2D eigenvalue weighted by atomic mass is 9.76. The number of nitrogens with zero attached hydrogens (tertiary/aromatic N) is 2. The number of carbonyl (C=O) groups is 2. The second kappa shape index (κ2) is 7.65. The molecule has 1 unspecified atom stereocenters. The summed E-state index contributed by atoms with van der Waals surface area (Å²) < 4.78 is 5.00. The third-order valence-corrected chi connectivity index (χ3v) is 6.06. The number of likely N-dealkylation sites (tertiary alicyclic amines) is 2. The topological polar surface area (TPSA) is 49.9 Å². The Labute approximate surface area is 140 Å². The number of hydrogen-bond donors (Lipinski definition) is 0. The van der Waals surface area contributed by atoms with Crippen LogP contribution in [0.5, 0.6) is 0 Å². The van der Waals surface area contributed by atoms with Crippen molar-refractivity contribution in [1.29, 1.82) is 0 Å². The molecule has 2 rings (SSSR count). The minimum Gasteiger partial charge on any atom is -0.469 e. The molecule has 132 valence electrons. The second-order valence-corrected chi connectivity index (χ2v) is 7.00. The van der Waals surface area contributed by atoms with E-state index in [0.717, 1.165) is 38.4 Å². The molecule has 2 aliphatic heterocycles. The number of ether oxygens (including phenoxy) is 1. The third-order valence-electron chi connectivity index (χ3n) is 6.06. The molecule has 0 aliphatic carbocycles. The molecule has 2 fully saturated rings. The molecule has 5 heteroatoms. The molecule has 0 bridgehead atoms. The number of amides is 1. The molecule has 2 aliphatic rings. The van der Waals surface area contributed by atoms with Gasteiger partial charge in [0, 0.05) is 32.6 Å². The molecule has 1 amide bonds. The minimum absolute atomic E-state index is 0.108. The Kier molecular flexibility index (Phi) is 6.06. The van der Waals surface area contributed by atoms with Gasteiger partial charge in [-0.25, -0.2) is 0 Å². The molecular formula is C18H32N2O3. The lowest BCUT2D eigenvalue weighted by molar-refractivity contribution is -0.150. The molecule has 23 heavy (non-hydrogen) atoms. The van der Waals surface area contributed by atoms with Crippen molar-refractivity contribution in [2.45, 2.75) is 58.4 Å². The van der Waals surface area contributed by atoms with Crippen LogP contribution in [0.3, 0.4) is 0 Å². The summed E-state index contributed by atoms with van der Waals surface area (Å²) in [6, 6.07) is 0. The highest BCUT2D eigenvalue weighted by atomic mass is 16.5. The average molecular weight is 324 g/mol. The smallest absolute Gasteiger partial charge is 0.311 e.